The smallest absolute Gasteiger partial charge is 0.409 e. The minimum Gasteiger partial charge on any atom is -0.450 e. The first kappa shape index (κ1) is 14.8. The van der Waals surface area contributed by atoms with Crippen molar-refractivity contribution in [1.82, 2.24) is 9.80 Å². The van der Waals surface area contributed by atoms with Gasteiger partial charge in [-0.3, -0.25) is 4.79 Å². The zero-order chi connectivity index (χ0) is 13.5. The van der Waals surface area contributed by atoms with Crippen molar-refractivity contribution in [2.45, 2.75) is 33.6 Å². The van der Waals surface area contributed by atoms with Crippen molar-refractivity contribution in [2.24, 2.45) is 5.92 Å². The summed E-state index contributed by atoms with van der Waals surface area (Å²) in [6.45, 7) is 8.77. The maximum atomic E-state index is 12.2. The Morgan fingerprint density at radius 2 is 1.94 bits per heavy atom. The summed E-state index contributed by atoms with van der Waals surface area (Å²) >= 11 is 0. The molecule has 0 aromatic carbocycles. The van der Waals surface area contributed by atoms with Crippen LogP contribution < -0.4 is 0 Å². The highest BCUT2D eigenvalue weighted by atomic mass is 16.6. The topological polar surface area (TPSA) is 49.9 Å². The van der Waals surface area contributed by atoms with Gasteiger partial charge in [-0.1, -0.05) is 0 Å². The zero-order valence-electron chi connectivity index (χ0n) is 11.6. The van der Waals surface area contributed by atoms with Crippen LogP contribution >= 0.6 is 0 Å². The maximum absolute atomic E-state index is 12.2. The Morgan fingerprint density at radius 3 is 2.50 bits per heavy atom. The van der Waals surface area contributed by atoms with Crippen molar-refractivity contribution in [2.75, 3.05) is 32.8 Å². The van der Waals surface area contributed by atoms with Crippen molar-refractivity contribution < 1.29 is 14.3 Å². The molecule has 0 spiro atoms. The Bertz CT molecular complexity index is 290. The van der Waals surface area contributed by atoms with Crippen LogP contribution in [0.2, 0.25) is 0 Å². The predicted octanol–water partition coefficient (Wildman–Crippen LogP) is 1.72. The van der Waals surface area contributed by atoms with Crippen molar-refractivity contribution in [3.05, 3.63) is 0 Å². The zero-order valence-corrected chi connectivity index (χ0v) is 11.6. The van der Waals surface area contributed by atoms with E-state index in [0.717, 1.165) is 25.9 Å². The van der Waals surface area contributed by atoms with Gasteiger partial charge in [0.15, 0.2) is 0 Å². The number of carbonyl (C=O) groups excluding carboxylic acids is 2. The fourth-order valence-corrected chi connectivity index (χ4v) is 2.35. The lowest BCUT2D eigenvalue weighted by atomic mass is 9.97. The molecule has 1 rings (SSSR count). The second-order valence-corrected chi connectivity index (χ2v) is 4.49. The Labute approximate surface area is 109 Å². The van der Waals surface area contributed by atoms with Gasteiger partial charge >= 0.3 is 6.09 Å². The number of likely N-dealkylation sites (tertiary alicyclic amines) is 1. The van der Waals surface area contributed by atoms with Crippen LogP contribution in [0.15, 0.2) is 0 Å². The van der Waals surface area contributed by atoms with Crippen LogP contribution in [0, 0.1) is 5.92 Å². The largest absolute Gasteiger partial charge is 0.450 e. The fourth-order valence-electron chi connectivity index (χ4n) is 2.35. The lowest BCUT2D eigenvalue weighted by molar-refractivity contribution is -0.136. The third-order valence-corrected chi connectivity index (χ3v) is 3.37. The third kappa shape index (κ3) is 3.62. The summed E-state index contributed by atoms with van der Waals surface area (Å²) in [7, 11) is 0. The molecule has 0 N–H and O–H groups in total. The number of piperidine rings is 1. The monoisotopic (exact) mass is 256 g/mol. The number of amides is 2. The molecule has 0 radical (unpaired) electrons. The lowest BCUT2D eigenvalue weighted by Gasteiger charge is -2.33. The Hall–Kier alpha value is -1.26. The summed E-state index contributed by atoms with van der Waals surface area (Å²) in [6.07, 6.45) is 1.44. The molecule has 2 amide bonds. The second-order valence-electron chi connectivity index (χ2n) is 4.49. The van der Waals surface area contributed by atoms with Gasteiger partial charge in [0.2, 0.25) is 5.91 Å². The van der Waals surface area contributed by atoms with Crippen LogP contribution in [0.4, 0.5) is 4.79 Å². The van der Waals surface area contributed by atoms with Gasteiger partial charge in [-0.25, -0.2) is 4.79 Å². The molecule has 0 aromatic heterocycles. The van der Waals surface area contributed by atoms with Crippen LogP contribution in [0.25, 0.3) is 0 Å². The molecular formula is C13H24N2O3. The molecule has 0 bridgehead atoms. The Morgan fingerprint density at radius 1 is 1.28 bits per heavy atom. The molecule has 1 fully saturated rings. The number of ether oxygens (including phenoxy) is 1. The van der Waals surface area contributed by atoms with E-state index in [2.05, 4.69) is 0 Å². The Kier molecular flexibility index (Phi) is 5.95. The highest BCUT2D eigenvalue weighted by molar-refractivity contribution is 5.80. The minimum atomic E-state index is -0.297. The molecule has 104 valence electrons. The molecule has 1 heterocycles. The number of rotatable bonds is 4. The van der Waals surface area contributed by atoms with Gasteiger partial charge in [0.1, 0.15) is 0 Å². The predicted molar refractivity (Wildman–Crippen MR) is 69.2 cm³/mol. The van der Waals surface area contributed by atoms with Gasteiger partial charge in [-0.05, 0) is 33.6 Å². The molecule has 1 unspecified atom stereocenters. The van der Waals surface area contributed by atoms with E-state index in [0.29, 0.717) is 19.7 Å². The van der Waals surface area contributed by atoms with E-state index >= 15 is 0 Å². The van der Waals surface area contributed by atoms with Crippen LogP contribution in [0.1, 0.15) is 33.6 Å². The van der Waals surface area contributed by atoms with E-state index in [4.69, 9.17) is 4.74 Å². The van der Waals surface area contributed by atoms with E-state index < -0.39 is 0 Å². The highest BCUT2D eigenvalue weighted by Gasteiger charge is 2.30. The van der Waals surface area contributed by atoms with Crippen LogP contribution in [-0.2, 0) is 9.53 Å². The fraction of sp³-hybridized carbons (Fsp3) is 0.846. The molecule has 18 heavy (non-hydrogen) atoms. The molecule has 1 saturated heterocycles. The summed E-state index contributed by atoms with van der Waals surface area (Å²) in [5.41, 5.74) is 0. The number of hydrogen-bond acceptors (Lipinski definition) is 3. The molecule has 5 heteroatoms. The average molecular weight is 256 g/mol. The number of hydrogen-bond donors (Lipinski definition) is 0. The van der Waals surface area contributed by atoms with Crippen LogP contribution in [-0.4, -0.2) is 54.6 Å². The van der Waals surface area contributed by atoms with Gasteiger partial charge < -0.3 is 14.5 Å². The molecule has 5 nitrogen and oxygen atoms in total. The van der Waals surface area contributed by atoms with E-state index in [9.17, 15) is 9.59 Å². The molecule has 1 aliphatic heterocycles. The first-order chi connectivity index (χ1) is 8.63. The molecule has 1 atom stereocenters. The molecule has 1 aliphatic rings. The third-order valence-electron chi connectivity index (χ3n) is 3.37. The van der Waals surface area contributed by atoms with Gasteiger partial charge in [0.05, 0.1) is 12.5 Å². The lowest BCUT2D eigenvalue weighted by Crippen LogP contribution is -2.46. The van der Waals surface area contributed by atoms with E-state index in [1.165, 1.54) is 0 Å². The standard InChI is InChI=1S/C13H24N2O3/c1-4-14(5-2)12(16)11-8-7-9-15(10-11)13(17)18-6-3/h11H,4-10H2,1-3H3. The summed E-state index contributed by atoms with van der Waals surface area (Å²) in [5.74, 6) is 0.0945. The van der Waals surface area contributed by atoms with Crippen LogP contribution in [0.5, 0.6) is 0 Å². The summed E-state index contributed by atoms with van der Waals surface area (Å²) in [6, 6.07) is 0. The highest BCUT2D eigenvalue weighted by Crippen LogP contribution is 2.19. The van der Waals surface area contributed by atoms with Crippen LogP contribution in [0.3, 0.4) is 0 Å². The molecule has 0 aliphatic carbocycles. The number of carbonyl (C=O) groups is 2. The minimum absolute atomic E-state index is 0.0666. The van der Waals surface area contributed by atoms with Crippen molar-refractivity contribution in [3.63, 3.8) is 0 Å². The van der Waals surface area contributed by atoms with E-state index in [-0.39, 0.29) is 17.9 Å². The van der Waals surface area contributed by atoms with Crippen molar-refractivity contribution in [3.8, 4) is 0 Å². The summed E-state index contributed by atoms with van der Waals surface area (Å²) < 4.78 is 4.98. The first-order valence-corrected chi connectivity index (χ1v) is 6.84. The van der Waals surface area contributed by atoms with Gasteiger partial charge in [-0.15, -0.1) is 0 Å². The van der Waals surface area contributed by atoms with E-state index in [1.54, 1.807) is 11.8 Å². The first-order valence-electron chi connectivity index (χ1n) is 6.84. The summed E-state index contributed by atoms with van der Waals surface area (Å²) in [5, 5.41) is 0. The van der Waals surface area contributed by atoms with Gasteiger partial charge in [0.25, 0.3) is 0 Å². The van der Waals surface area contributed by atoms with Crippen molar-refractivity contribution in [1.29, 1.82) is 0 Å². The van der Waals surface area contributed by atoms with Crippen molar-refractivity contribution >= 4 is 12.0 Å². The van der Waals surface area contributed by atoms with Gasteiger partial charge in [-0.2, -0.15) is 0 Å². The van der Waals surface area contributed by atoms with Gasteiger partial charge in [0, 0.05) is 26.2 Å². The average Bonchev–Trinajstić information content (AvgIpc) is 2.40. The molecule has 0 aromatic rings. The molecular weight excluding hydrogens is 232 g/mol. The summed E-state index contributed by atoms with van der Waals surface area (Å²) in [4.78, 5) is 27.4. The SMILES string of the molecule is CCOC(=O)N1CCCC(C(=O)N(CC)CC)C1. The maximum Gasteiger partial charge on any atom is 0.409 e. The number of nitrogens with zero attached hydrogens (tertiary/aromatic N) is 2. The Balaban J connectivity index is 2.57. The second kappa shape index (κ2) is 7.24. The molecule has 0 saturated carbocycles. The normalized spacial score (nSPS) is 19.5. The van der Waals surface area contributed by atoms with E-state index in [1.807, 2.05) is 18.7 Å². The quantitative estimate of drug-likeness (QED) is 0.769.